The summed E-state index contributed by atoms with van der Waals surface area (Å²) in [4.78, 5) is 0. The Hall–Kier alpha value is -0.770. The first-order valence-corrected chi connectivity index (χ1v) is 7.02. The van der Waals surface area contributed by atoms with Crippen molar-refractivity contribution in [3.8, 4) is 0 Å². The Morgan fingerprint density at radius 1 is 1.50 bits per heavy atom. The van der Waals surface area contributed by atoms with Gasteiger partial charge in [0.05, 0.1) is 0 Å². The summed E-state index contributed by atoms with van der Waals surface area (Å²) in [5.41, 5.74) is 0. The van der Waals surface area contributed by atoms with Gasteiger partial charge in [-0.2, -0.15) is 0 Å². The second-order valence-electron chi connectivity index (χ2n) is 4.22. The number of nitrogens with zero attached hydrogens (tertiary/aromatic N) is 3. The van der Waals surface area contributed by atoms with Crippen LogP contribution in [0.1, 0.15) is 44.3 Å². The van der Waals surface area contributed by atoms with Gasteiger partial charge in [-0.05, 0) is 19.3 Å². The quantitative estimate of drug-likeness (QED) is 0.414. The maximum atomic E-state index is 4.32. The monoisotopic (exact) mass is 237 g/mol. The molecule has 1 aliphatic carbocycles. The summed E-state index contributed by atoms with van der Waals surface area (Å²) in [6.07, 6.45) is 6.95. The smallest absolute Gasteiger partial charge is 0.191 e. The molecule has 1 heterocycles. The fourth-order valence-electron chi connectivity index (χ4n) is 1.66. The van der Waals surface area contributed by atoms with E-state index in [-0.39, 0.29) is 0 Å². The highest BCUT2D eigenvalue weighted by atomic mass is 32.2. The molecular weight excluding hydrogens is 218 g/mol. The molecule has 0 unspecified atom stereocenters. The Bertz CT molecular complexity index is 355. The molecule has 0 spiro atoms. The molecule has 0 aromatic carbocycles. The van der Waals surface area contributed by atoms with Crippen LogP contribution in [0.15, 0.2) is 17.8 Å². The van der Waals surface area contributed by atoms with E-state index in [2.05, 4.69) is 28.3 Å². The lowest BCUT2D eigenvalue weighted by Gasteiger charge is -2.06. The lowest BCUT2D eigenvalue weighted by Crippen LogP contribution is -2.02. The third kappa shape index (κ3) is 2.67. The molecule has 0 aliphatic heterocycles. The van der Waals surface area contributed by atoms with Gasteiger partial charge in [-0.15, -0.1) is 16.8 Å². The molecule has 1 aromatic rings. The van der Waals surface area contributed by atoms with E-state index in [1.165, 1.54) is 31.5 Å². The maximum absolute atomic E-state index is 4.32. The van der Waals surface area contributed by atoms with Crippen LogP contribution in [0.25, 0.3) is 0 Å². The van der Waals surface area contributed by atoms with Crippen LogP contribution < -0.4 is 0 Å². The Balaban J connectivity index is 2.06. The summed E-state index contributed by atoms with van der Waals surface area (Å²) in [6, 6.07) is 0. The van der Waals surface area contributed by atoms with Crippen LogP contribution in [0, 0.1) is 0 Å². The molecule has 2 rings (SSSR count). The Morgan fingerprint density at radius 3 is 2.94 bits per heavy atom. The third-order valence-corrected chi connectivity index (χ3v) is 3.78. The van der Waals surface area contributed by atoms with Crippen molar-refractivity contribution in [3.63, 3.8) is 0 Å². The third-order valence-electron chi connectivity index (χ3n) is 2.73. The zero-order valence-corrected chi connectivity index (χ0v) is 10.7. The zero-order chi connectivity index (χ0) is 11.4. The van der Waals surface area contributed by atoms with Crippen LogP contribution in [-0.2, 0) is 6.54 Å². The van der Waals surface area contributed by atoms with Gasteiger partial charge in [-0.3, -0.25) is 0 Å². The van der Waals surface area contributed by atoms with Crippen LogP contribution in [0.2, 0.25) is 0 Å². The normalized spacial score (nSPS) is 15.3. The summed E-state index contributed by atoms with van der Waals surface area (Å²) in [6.45, 7) is 6.86. The number of allylic oxidation sites excluding steroid dienone is 1. The molecule has 0 saturated heterocycles. The fraction of sp³-hybridized carbons (Fsp3) is 0.667. The second kappa shape index (κ2) is 5.53. The van der Waals surface area contributed by atoms with E-state index in [1.54, 1.807) is 0 Å². The minimum absolute atomic E-state index is 0.660. The van der Waals surface area contributed by atoms with Crippen LogP contribution in [0.3, 0.4) is 0 Å². The van der Waals surface area contributed by atoms with Crippen molar-refractivity contribution in [1.82, 2.24) is 14.8 Å². The summed E-state index contributed by atoms with van der Waals surface area (Å²) in [7, 11) is 0. The molecular formula is C12H19N3S. The second-order valence-corrected chi connectivity index (χ2v) is 5.28. The van der Waals surface area contributed by atoms with Crippen molar-refractivity contribution >= 4 is 11.8 Å². The molecule has 0 atom stereocenters. The van der Waals surface area contributed by atoms with Crippen molar-refractivity contribution in [2.45, 2.75) is 50.2 Å². The van der Waals surface area contributed by atoms with Gasteiger partial charge in [0, 0.05) is 18.2 Å². The van der Waals surface area contributed by atoms with Crippen LogP contribution in [-0.4, -0.2) is 20.5 Å². The van der Waals surface area contributed by atoms with Crippen molar-refractivity contribution in [2.24, 2.45) is 0 Å². The van der Waals surface area contributed by atoms with Gasteiger partial charge in [0.25, 0.3) is 0 Å². The van der Waals surface area contributed by atoms with Crippen LogP contribution in [0.4, 0.5) is 0 Å². The molecule has 0 amide bonds. The Kier molecular flexibility index (Phi) is 4.04. The van der Waals surface area contributed by atoms with E-state index in [0.717, 1.165) is 17.5 Å². The SMILES string of the molecule is C=CCn1c(SCCCC)nnc1C1CC1. The largest absolute Gasteiger partial charge is 0.302 e. The predicted molar refractivity (Wildman–Crippen MR) is 67.8 cm³/mol. The highest BCUT2D eigenvalue weighted by Gasteiger charge is 2.29. The summed E-state index contributed by atoms with van der Waals surface area (Å²) in [5, 5.41) is 9.68. The van der Waals surface area contributed by atoms with Crippen LogP contribution >= 0.6 is 11.8 Å². The molecule has 16 heavy (non-hydrogen) atoms. The lowest BCUT2D eigenvalue weighted by atomic mass is 10.4. The molecule has 0 N–H and O–H groups in total. The van der Waals surface area contributed by atoms with Gasteiger partial charge in [-0.25, -0.2) is 0 Å². The average molecular weight is 237 g/mol. The number of aromatic nitrogens is 3. The molecule has 1 saturated carbocycles. The Labute approximate surface area is 101 Å². The average Bonchev–Trinajstić information content (AvgIpc) is 3.05. The molecule has 0 radical (unpaired) electrons. The van der Waals surface area contributed by atoms with E-state index in [0.29, 0.717) is 5.92 Å². The molecule has 1 aromatic heterocycles. The molecule has 3 nitrogen and oxygen atoms in total. The zero-order valence-electron chi connectivity index (χ0n) is 9.85. The van der Waals surface area contributed by atoms with Crippen molar-refractivity contribution in [2.75, 3.05) is 5.75 Å². The number of unbranched alkanes of at least 4 members (excludes halogenated alkanes) is 1. The maximum Gasteiger partial charge on any atom is 0.191 e. The topological polar surface area (TPSA) is 30.7 Å². The first-order chi connectivity index (χ1) is 7.86. The Morgan fingerprint density at radius 2 is 2.31 bits per heavy atom. The van der Waals surface area contributed by atoms with Crippen molar-refractivity contribution in [3.05, 3.63) is 18.5 Å². The standard InChI is InChI=1S/C12H19N3S/c1-3-5-9-16-12-14-13-11(10-6-7-10)15(12)8-4-2/h4,10H,2-3,5-9H2,1H3. The van der Waals surface area contributed by atoms with E-state index >= 15 is 0 Å². The van der Waals surface area contributed by atoms with E-state index in [1.807, 2.05) is 17.8 Å². The van der Waals surface area contributed by atoms with Crippen molar-refractivity contribution < 1.29 is 0 Å². The minimum atomic E-state index is 0.660. The first-order valence-electron chi connectivity index (χ1n) is 6.03. The number of thioether (sulfide) groups is 1. The summed E-state index contributed by atoms with van der Waals surface area (Å²) in [5.74, 6) is 2.96. The lowest BCUT2D eigenvalue weighted by molar-refractivity contribution is 0.681. The molecule has 1 aliphatic rings. The van der Waals surface area contributed by atoms with Gasteiger partial charge >= 0.3 is 0 Å². The van der Waals surface area contributed by atoms with Gasteiger partial charge in [-0.1, -0.05) is 31.2 Å². The summed E-state index contributed by atoms with van der Waals surface area (Å²) >= 11 is 1.82. The van der Waals surface area contributed by atoms with Crippen molar-refractivity contribution in [1.29, 1.82) is 0 Å². The molecule has 4 heteroatoms. The van der Waals surface area contributed by atoms with Gasteiger partial charge in [0.15, 0.2) is 5.16 Å². The predicted octanol–water partition coefficient (Wildman–Crippen LogP) is 3.23. The van der Waals surface area contributed by atoms with E-state index < -0.39 is 0 Å². The fourth-order valence-corrected chi connectivity index (χ4v) is 2.70. The van der Waals surface area contributed by atoms with E-state index in [4.69, 9.17) is 0 Å². The number of rotatable bonds is 7. The minimum Gasteiger partial charge on any atom is -0.302 e. The highest BCUT2D eigenvalue weighted by molar-refractivity contribution is 7.99. The van der Waals surface area contributed by atoms with Crippen LogP contribution in [0.5, 0.6) is 0 Å². The van der Waals surface area contributed by atoms with Gasteiger partial charge < -0.3 is 4.57 Å². The van der Waals surface area contributed by atoms with Gasteiger partial charge in [0.2, 0.25) is 0 Å². The number of hydrogen-bond acceptors (Lipinski definition) is 3. The molecule has 88 valence electrons. The summed E-state index contributed by atoms with van der Waals surface area (Å²) < 4.78 is 2.23. The number of hydrogen-bond donors (Lipinski definition) is 0. The first kappa shape index (κ1) is 11.7. The highest BCUT2D eigenvalue weighted by Crippen LogP contribution is 2.40. The van der Waals surface area contributed by atoms with Gasteiger partial charge in [0.1, 0.15) is 5.82 Å². The molecule has 1 fully saturated rings. The van der Waals surface area contributed by atoms with E-state index in [9.17, 15) is 0 Å². The molecule has 0 bridgehead atoms.